The molecule has 2 rings (SSSR count). The van der Waals surface area contributed by atoms with Gasteiger partial charge in [-0.15, -0.1) is 0 Å². The van der Waals surface area contributed by atoms with E-state index in [9.17, 15) is 0 Å². The topological polar surface area (TPSA) is 33.3 Å². The molecule has 1 atom stereocenters. The minimum absolute atomic E-state index is 0.124. The maximum atomic E-state index is 5.67. The molecule has 104 valence electrons. The van der Waals surface area contributed by atoms with Gasteiger partial charge in [0, 0.05) is 5.69 Å². The van der Waals surface area contributed by atoms with Crippen LogP contribution in [0.1, 0.15) is 6.92 Å². The van der Waals surface area contributed by atoms with Gasteiger partial charge in [-0.05, 0) is 43.4 Å². The first-order chi connectivity index (χ1) is 9.74. The lowest BCUT2D eigenvalue weighted by Crippen LogP contribution is -2.39. The summed E-state index contributed by atoms with van der Waals surface area (Å²) in [5.74, 6) is 0.864. The van der Waals surface area contributed by atoms with E-state index in [1.807, 2.05) is 67.6 Å². The third kappa shape index (κ3) is 4.90. The van der Waals surface area contributed by atoms with Gasteiger partial charge in [0.2, 0.25) is 0 Å². The van der Waals surface area contributed by atoms with E-state index >= 15 is 0 Å². The molecule has 3 nitrogen and oxygen atoms in total. The lowest BCUT2D eigenvalue weighted by atomic mass is 10.3. The van der Waals surface area contributed by atoms with Gasteiger partial charge in [-0.3, -0.25) is 0 Å². The van der Waals surface area contributed by atoms with Crippen LogP contribution in [0.25, 0.3) is 0 Å². The van der Waals surface area contributed by atoms with Gasteiger partial charge in [-0.1, -0.05) is 36.4 Å². The van der Waals surface area contributed by atoms with Crippen LogP contribution >= 0.6 is 12.2 Å². The molecule has 2 N–H and O–H groups in total. The molecular weight excluding hydrogens is 268 g/mol. The molecule has 0 aliphatic rings. The van der Waals surface area contributed by atoms with Crippen molar-refractivity contribution >= 4 is 23.0 Å². The number of para-hydroxylation sites is 2. The summed E-state index contributed by atoms with van der Waals surface area (Å²) < 4.78 is 5.67. The van der Waals surface area contributed by atoms with Crippen LogP contribution in [0.15, 0.2) is 60.7 Å². The molecule has 0 saturated carbocycles. The zero-order valence-corrected chi connectivity index (χ0v) is 12.2. The van der Waals surface area contributed by atoms with Crippen LogP contribution < -0.4 is 15.4 Å². The van der Waals surface area contributed by atoms with E-state index in [0.29, 0.717) is 11.7 Å². The molecule has 20 heavy (non-hydrogen) atoms. The second kappa shape index (κ2) is 7.50. The second-order valence-electron chi connectivity index (χ2n) is 4.49. The Labute approximate surface area is 125 Å². The maximum Gasteiger partial charge on any atom is 0.171 e. The molecule has 0 bridgehead atoms. The van der Waals surface area contributed by atoms with E-state index < -0.39 is 0 Å². The van der Waals surface area contributed by atoms with Crippen LogP contribution in [0.5, 0.6) is 5.75 Å². The van der Waals surface area contributed by atoms with Crippen molar-refractivity contribution in [1.82, 2.24) is 5.32 Å². The lowest BCUT2D eigenvalue weighted by Gasteiger charge is -2.17. The summed E-state index contributed by atoms with van der Waals surface area (Å²) in [6, 6.07) is 19.7. The number of ether oxygens (including phenoxy) is 1. The quantitative estimate of drug-likeness (QED) is 0.825. The summed E-state index contributed by atoms with van der Waals surface area (Å²) in [6.07, 6.45) is 0. The van der Waals surface area contributed by atoms with E-state index in [4.69, 9.17) is 17.0 Å². The standard InChI is InChI=1S/C16H18N2OS/c1-13(12-19-15-10-6-3-7-11-15)17-16(20)18-14-8-4-2-5-9-14/h2-11,13H,12H2,1H3,(H2,17,18,20)/t13-/m1/s1. The van der Waals surface area contributed by atoms with Crippen molar-refractivity contribution in [3.8, 4) is 5.75 Å². The highest BCUT2D eigenvalue weighted by atomic mass is 32.1. The Bertz CT molecular complexity index is 531. The van der Waals surface area contributed by atoms with Crippen molar-refractivity contribution in [2.45, 2.75) is 13.0 Å². The monoisotopic (exact) mass is 286 g/mol. The molecule has 0 spiro atoms. The number of rotatable bonds is 5. The van der Waals surface area contributed by atoms with Gasteiger partial charge < -0.3 is 15.4 Å². The summed E-state index contributed by atoms with van der Waals surface area (Å²) in [6.45, 7) is 2.59. The largest absolute Gasteiger partial charge is 0.491 e. The molecule has 2 aromatic carbocycles. The van der Waals surface area contributed by atoms with Gasteiger partial charge in [-0.2, -0.15) is 0 Å². The molecule has 4 heteroatoms. The zero-order chi connectivity index (χ0) is 14.2. The highest BCUT2D eigenvalue weighted by Crippen LogP contribution is 2.08. The smallest absolute Gasteiger partial charge is 0.171 e. The van der Waals surface area contributed by atoms with Crippen molar-refractivity contribution in [1.29, 1.82) is 0 Å². The molecule has 0 amide bonds. The van der Waals surface area contributed by atoms with Crippen LogP contribution in [0.2, 0.25) is 0 Å². The molecule has 0 fully saturated rings. The van der Waals surface area contributed by atoms with Crippen LogP contribution in [0.4, 0.5) is 5.69 Å². The number of hydrogen-bond donors (Lipinski definition) is 2. The maximum absolute atomic E-state index is 5.67. The Hall–Kier alpha value is -2.07. The van der Waals surface area contributed by atoms with E-state index in [0.717, 1.165) is 11.4 Å². The third-order valence-corrected chi connectivity index (χ3v) is 2.87. The first-order valence-electron chi connectivity index (χ1n) is 6.54. The Morgan fingerprint density at radius 2 is 1.65 bits per heavy atom. The highest BCUT2D eigenvalue weighted by molar-refractivity contribution is 7.80. The van der Waals surface area contributed by atoms with Gasteiger partial charge in [0.1, 0.15) is 12.4 Å². The number of thiocarbonyl (C=S) groups is 1. The van der Waals surface area contributed by atoms with E-state index in [2.05, 4.69) is 10.6 Å². The summed E-state index contributed by atoms with van der Waals surface area (Å²) in [5, 5.41) is 6.93. The summed E-state index contributed by atoms with van der Waals surface area (Å²) in [7, 11) is 0. The molecule has 0 heterocycles. The van der Waals surface area contributed by atoms with Gasteiger partial charge in [-0.25, -0.2) is 0 Å². The minimum atomic E-state index is 0.124. The minimum Gasteiger partial charge on any atom is -0.491 e. The molecule has 0 unspecified atom stereocenters. The van der Waals surface area contributed by atoms with Gasteiger partial charge in [0.25, 0.3) is 0 Å². The predicted octanol–water partition coefficient (Wildman–Crippen LogP) is 3.44. The fraction of sp³-hybridized carbons (Fsp3) is 0.188. The zero-order valence-electron chi connectivity index (χ0n) is 11.4. The lowest BCUT2D eigenvalue weighted by molar-refractivity contribution is 0.287. The molecular formula is C16H18N2OS. The fourth-order valence-electron chi connectivity index (χ4n) is 1.69. The Morgan fingerprint density at radius 1 is 1.05 bits per heavy atom. The van der Waals surface area contributed by atoms with Gasteiger partial charge in [0.15, 0.2) is 5.11 Å². The molecule has 0 aliphatic carbocycles. The first kappa shape index (κ1) is 14.3. The van der Waals surface area contributed by atoms with Gasteiger partial charge in [0.05, 0.1) is 6.04 Å². The Balaban J connectivity index is 1.74. The average Bonchev–Trinajstić information content (AvgIpc) is 2.47. The van der Waals surface area contributed by atoms with E-state index in [1.54, 1.807) is 0 Å². The predicted molar refractivity (Wildman–Crippen MR) is 87.2 cm³/mol. The highest BCUT2D eigenvalue weighted by Gasteiger charge is 2.05. The fourth-order valence-corrected chi connectivity index (χ4v) is 2.01. The van der Waals surface area contributed by atoms with Crippen LogP contribution in [-0.4, -0.2) is 17.8 Å². The Kier molecular flexibility index (Phi) is 5.38. The van der Waals surface area contributed by atoms with Crippen LogP contribution in [0, 0.1) is 0 Å². The van der Waals surface area contributed by atoms with Crippen molar-refractivity contribution in [3.63, 3.8) is 0 Å². The molecule has 0 aliphatic heterocycles. The van der Waals surface area contributed by atoms with Crippen molar-refractivity contribution < 1.29 is 4.74 Å². The molecule has 0 aromatic heterocycles. The normalized spacial score (nSPS) is 11.4. The summed E-state index contributed by atoms with van der Waals surface area (Å²) in [4.78, 5) is 0. The third-order valence-electron chi connectivity index (χ3n) is 2.65. The molecule has 0 saturated heterocycles. The Morgan fingerprint density at radius 3 is 2.30 bits per heavy atom. The number of anilines is 1. The summed E-state index contributed by atoms with van der Waals surface area (Å²) in [5.41, 5.74) is 0.973. The number of benzene rings is 2. The van der Waals surface area contributed by atoms with Crippen molar-refractivity contribution in [2.75, 3.05) is 11.9 Å². The van der Waals surface area contributed by atoms with Crippen LogP contribution in [0.3, 0.4) is 0 Å². The van der Waals surface area contributed by atoms with Crippen LogP contribution in [-0.2, 0) is 0 Å². The SMILES string of the molecule is C[C@H](COc1ccccc1)NC(=S)Nc1ccccc1. The number of nitrogens with one attached hydrogen (secondary N) is 2. The molecule has 0 radical (unpaired) electrons. The first-order valence-corrected chi connectivity index (χ1v) is 6.95. The second-order valence-corrected chi connectivity index (χ2v) is 4.90. The van der Waals surface area contributed by atoms with E-state index in [1.165, 1.54) is 0 Å². The summed E-state index contributed by atoms with van der Waals surface area (Å²) >= 11 is 5.27. The van der Waals surface area contributed by atoms with Crippen molar-refractivity contribution in [2.24, 2.45) is 0 Å². The van der Waals surface area contributed by atoms with E-state index in [-0.39, 0.29) is 6.04 Å². The van der Waals surface area contributed by atoms with Crippen molar-refractivity contribution in [3.05, 3.63) is 60.7 Å². The number of hydrogen-bond acceptors (Lipinski definition) is 2. The molecule has 2 aromatic rings. The average molecular weight is 286 g/mol. The van der Waals surface area contributed by atoms with Gasteiger partial charge >= 0.3 is 0 Å².